The van der Waals surface area contributed by atoms with E-state index in [1.54, 1.807) is 6.92 Å². The maximum absolute atomic E-state index is 12.9. The lowest BCUT2D eigenvalue weighted by molar-refractivity contribution is -0.148. The summed E-state index contributed by atoms with van der Waals surface area (Å²) in [4.78, 5) is 29.7. The first-order valence-electron chi connectivity index (χ1n) is 8.55. The van der Waals surface area contributed by atoms with E-state index in [1.807, 2.05) is 23.1 Å². The number of piperidine rings is 1. The van der Waals surface area contributed by atoms with Crippen molar-refractivity contribution in [3.05, 3.63) is 36.0 Å². The fraction of sp³-hybridized carbons (Fsp3) is 0.474. The SMILES string of the molecule is COC(=O)CC(C)C(=O)N1CCCCC1c1cc2ccccc2[nH]1. The van der Waals surface area contributed by atoms with Gasteiger partial charge in [-0.05, 0) is 36.8 Å². The van der Waals surface area contributed by atoms with Crippen LogP contribution in [0.3, 0.4) is 0 Å². The Balaban J connectivity index is 1.82. The van der Waals surface area contributed by atoms with Gasteiger partial charge in [-0.1, -0.05) is 25.1 Å². The minimum Gasteiger partial charge on any atom is -0.469 e. The van der Waals surface area contributed by atoms with Crippen molar-refractivity contribution < 1.29 is 14.3 Å². The highest BCUT2D eigenvalue weighted by atomic mass is 16.5. The third-order valence-corrected chi connectivity index (χ3v) is 4.82. The number of carbonyl (C=O) groups is 2. The Morgan fingerprint density at radius 1 is 1.33 bits per heavy atom. The number of carbonyl (C=O) groups excluding carboxylic acids is 2. The number of H-pyrrole nitrogens is 1. The molecule has 5 heteroatoms. The van der Waals surface area contributed by atoms with E-state index < -0.39 is 0 Å². The topological polar surface area (TPSA) is 62.4 Å². The van der Waals surface area contributed by atoms with Crippen LogP contribution in [0, 0.1) is 5.92 Å². The lowest BCUT2D eigenvalue weighted by atomic mass is 9.96. The predicted octanol–water partition coefficient (Wildman–Crippen LogP) is 3.42. The van der Waals surface area contributed by atoms with E-state index in [9.17, 15) is 9.59 Å². The summed E-state index contributed by atoms with van der Waals surface area (Å²) in [5, 5.41) is 1.16. The van der Waals surface area contributed by atoms with Gasteiger partial charge in [0.25, 0.3) is 0 Å². The molecule has 24 heavy (non-hydrogen) atoms. The standard InChI is InChI=1S/C19H24N2O3/c1-13(11-18(22)24-2)19(23)21-10-6-5-9-17(21)16-12-14-7-3-4-8-15(14)20-16/h3-4,7-8,12-13,17,20H,5-6,9-11H2,1-2H3. The van der Waals surface area contributed by atoms with Gasteiger partial charge in [-0.25, -0.2) is 0 Å². The number of nitrogens with zero attached hydrogens (tertiary/aromatic N) is 1. The summed E-state index contributed by atoms with van der Waals surface area (Å²) in [5.41, 5.74) is 2.17. The molecule has 128 valence electrons. The second kappa shape index (κ2) is 7.07. The first kappa shape index (κ1) is 16.6. The monoisotopic (exact) mass is 328 g/mol. The molecule has 0 saturated carbocycles. The number of para-hydroxylation sites is 1. The van der Waals surface area contributed by atoms with E-state index in [1.165, 1.54) is 7.11 Å². The Morgan fingerprint density at radius 3 is 2.88 bits per heavy atom. The number of hydrogen-bond donors (Lipinski definition) is 1. The van der Waals surface area contributed by atoms with Crippen molar-refractivity contribution in [1.29, 1.82) is 0 Å². The van der Waals surface area contributed by atoms with Crippen LogP contribution in [0.15, 0.2) is 30.3 Å². The van der Waals surface area contributed by atoms with Crippen LogP contribution in [0.5, 0.6) is 0 Å². The molecule has 0 radical (unpaired) electrons. The summed E-state index contributed by atoms with van der Waals surface area (Å²) in [7, 11) is 1.35. The lowest BCUT2D eigenvalue weighted by Gasteiger charge is -2.36. The molecule has 2 unspecified atom stereocenters. The van der Waals surface area contributed by atoms with Crippen molar-refractivity contribution >= 4 is 22.8 Å². The fourth-order valence-electron chi connectivity index (χ4n) is 3.50. The zero-order valence-electron chi connectivity index (χ0n) is 14.2. The van der Waals surface area contributed by atoms with E-state index >= 15 is 0 Å². The van der Waals surface area contributed by atoms with Gasteiger partial charge < -0.3 is 14.6 Å². The largest absolute Gasteiger partial charge is 0.469 e. The molecule has 3 rings (SSSR count). The Kier molecular flexibility index (Phi) is 4.88. The predicted molar refractivity (Wildman–Crippen MR) is 92.4 cm³/mol. The number of hydrogen-bond acceptors (Lipinski definition) is 3. The highest BCUT2D eigenvalue weighted by Gasteiger charge is 2.32. The number of aromatic amines is 1. The number of rotatable bonds is 4. The van der Waals surface area contributed by atoms with Gasteiger partial charge in [-0.3, -0.25) is 9.59 Å². The number of methoxy groups -OCH3 is 1. The number of aromatic nitrogens is 1. The summed E-state index contributed by atoms with van der Waals surface area (Å²) < 4.78 is 4.69. The molecule has 1 aliphatic heterocycles. The zero-order chi connectivity index (χ0) is 17.1. The van der Waals surface area contributed by atoms with Crippen molar-refractivity contribution in [2.75, 3.05) is 13.7 Å². The highest BCUT2D eigenvalue weighted by molar-refractivity contribution is 5.84. The van der Waals surface area contributed by atoms with E-state index in [4.69, 9.17) is 4.74 Å². The van der Waals surface area contributed by atoms with Gasteiger partial charge >= 0.3 is 5.97 Å². The van der Waals surface area contributed by atoms with Gasteiger partial charge in [0.2, 0.25) is 5.91 Å². The summed E-state index contributed by atoms with van der Waals surface area (Å²) >= 11 is 0. The smallest absolute Gasteiger partial charge is 0.306 e. The molecule has 1 aliphatic rings. The molecule has 0 spiro atoms. The van der Waals surface area contributed by atoms with Gasteiger partial charge in [0.1, 0.15) is 0 Å². The third-order valence-electron chi connectivity index (χ3n) is 4.82. The van der Waals surface area contributed by atoms with Crippen molar-refractivity contribution in [2.45, 2.75) is 38.6 Å². The van der Waals surface area contributed by atoms with Crippen LogP contribution in [0.2, 0.25) is 0 Å². The maximum atomic E-state index is 12.9. The van der Waals surface area contributed by atoms with Crippen molar-refractivity contribution in [3.8, 4) is 0 Å². The van der Waals surface area contributed by atoms with Gasteiger partial charge in [-0.15, -0.1) is 0 Å². The Hall–Kier alpha value is -2.30. The van der Waals surface area contributed by atoms with Crippen molar-refractivity contribution in [3.63, 3.8) is 0 Å². The van der Waals surface area contributed by atoms with Crippen LogP contribution in [0.4, 0.5) is 0 Å². The second-order valence-corrected chi connectivity index (χ2v) is 6.54. The number of amides is 1. The van der Waals surface area contributed by atoms with Gasteiger partial charge in [0, 0.05) is 23.7 Å². The van der Waals surface area contributed by atoms with Crippen molar-refractivity contribution in [1.82, 2.24) is 9.88 Å². The molecule has 1 saturated heterocycles. The first-order chi connectivity index (χ1) is 11.6. The maximum Gasteiger partial charge on any atom is 0.306 e. The Labute approximate surface area is 142 Å². The minimum atomic E-state index is -0.359. The highest BCUT2D eigenvalue weighted by Crippen LogP contribution is 2.33. The molecule has 2 atom stereocenters. The summed E-state index contributed by atoms with van der Waals surface area (Å²) in [6.07, 6.45) is 3.19. The number of benzene rings is 1. The quantitative estimate of drug-likeness (QED) is 0.875. The van der Waals surface area contributed by atoms with E-state index in [-0.39, 0.29) is 30.3 Å². The number of fused-ring (bicyclic) bond motifs is 1. The zero-order valence-corrected chi connectivity index (χ0v) is 14.2. The van der Waals surface area contributed by atoms with Crippen LogP contribution >= 0.6 is 0 Å². The fourth-order valence-corrected chi connectivity index (χ4v) is 3.50. The normalized spacial score (nSPS) is 19.2. The van der Waals surface area contributed by atoms with E-state index in [0.717, 1.165) is 42.4 Å². The Morgan fingerprint density at radius 2 is 2.12 bits per heavy atom. The number of esters is 1. The Bertz CT molecular complexity index is 704. The third kappa shape index (κ3) is 3.30. The van der Waals surface area contributed by atoms with Gasteiger partial charge in [0.05, 0.1) is 19.6 Å². The number of likely N-dealkylation sites (tertiary alicyclic amines) is 1. The van der Waals surface area contributed by atoms with E-state index in [0.29, 0.717) is 0 Å². The van der Waals surface area contributed by atoms with E-state index in [2.05, 4.69) is 17.1 Å². The van der Waals surface area contributed by atoms with Gasteiger partial charge in [-0.2, -0.15) is 0 Å². The van der Waals surface area contributed by atoms with Crippen LogP contribution in [0.1, 0.15) is 44.3 Å². The molecule has 2 heterocycles. The number of ether oxygens (including phenoxy) is 1. The molecule has 2 aromatic rings. The molecule has 0 aliphatic carbocycles. The average molecular weight is 328 g/mol. The van der Waals surface area contributed by atoms with Crippen LogP contribution < -0.4 is 0 Å². The molecule has 1 fully saturated rings. The molecule has 1 amide bonds. The summed E-state index contributed by atoms with van der Waals surface area (Å²) in [6, 6.07) is 10.3. The summed E-state index contributed by atoms with van der Waals surface area (Å²) in [6.45, 7) is 2.54. The minimum absolute atomic E-state index is 0.0313. The molecular weight excluding hydrogens is 304 g/mol. The molecule has 5 nitrogen and oxygen atoms in total. The van der Waals surface area contributed by atoms with Crippen molar-refractivity contribution in [2.24, 2.45) is 5.92 Å². The second-order valence-electron chi connectivity index (χ2n) is 6.54. The van der Waals surface area contributed by atoms with Gasteiger partial charge in [0.15, 0.2) is 0 Å². The molecular formula is C19H24N2O3. The lowest BCUT2D eigenvalue weighted by Crippen LogP contribution is -2.42. The number of nitrogens with one attached hydrogen (secondary N) is 1. The first-order valence-corrected chi connectivity index (χ1v) is 8.55. The van der Waals surface area contributed by atoms with Crippen LogP contribution in [-0.2, 0) is 14.3 Å². The molecule has 1 aromatic carbocycles. The molecule has 1 aromatic heterocycles. The van der Waals surface area contributed by atoms with Crippen LogP contribution in [0.25, 0.3) is 10.9 Å². The summed E-state index contributed by atoms with van der Waals surface area (Å²) in [5.74, 6) is -0.666. The molecule has 0 bridgehead atoms. The molecule has 1 N–H and O–H groups in total. The average Bonchev–Trinajstić information content (AvgIpc) is 3.04. The van der Waals surface area contributed by atoms with Crippen LogP contribution in [-0.4, -0.2) is 35.4 Å².